The maximum absolute atomic E-state index is 12.9. The molecule has 2 aromatic heterocycles. The third-order valence-electron chi connectivity index (χ3n) is 4.25. The molecule has 3 rings (SSSR count). The highest BCUT2D eigenvalue weighted by molar-refractivity contribution is 6.10. The number of fused-ring (bicyclic) bond motifs is 1. The molecule has 1 N–H and O–H groups in total. The second-order valence-corrected chi connectivity index (χ2v) is 5.73. The van der Waals surface area contributed by atoms with Crippen molar-refractivity contribution >= 4 is 16.7 Å². The van der Waals surface area contributed by atoms with Gasteiger partial charge in [0.1, 0.15) is 5.82 Å². The Kier molecular flexibility index (Phi) is 4.44. The van der Waals surface area contributed by atoms with Gasteiger partial charge in [-0.15, -0.1) is 0 Å². The quantitative estimate of drug-likeness (QED) is 0.703. The predicted octanol–water partition coefficient (Wildman–Crippen LogP) is 3.46. The van der Waals surface area contributed by atoms with E-state index in [4.69, 9.17) is 0 Å². The van der Waals surface area contributed by atoms with Crippen LogP contribution in [-0.2, 0) is 6.54 Å². The number of Topliss-reactive ketones (excluding diaryl/α,β-unsaturated/α-hetero) is 1. The molecule has 1 aromatic carbocycles. The third-order valence-corrected chi connectivity index (χ3v) is 4.25. The molecule has 0 amide bonds. The first-order valence-electron chi connectivity index (χ1n) is 7.59. The molecule has 2 heterocycles. The molecular formula is C17H18F2N4O. The number of nitrogens with zero attached hydrogens (tertiary/aromatic N) is 3. The number of likely N-dealkylation sites (N-methyl/N-ethyl adjacent to an activating group) is 1. The fourth-order valence-corrected chi connectivity index (χ4v) is 2.70. The molecule has 24 heavy (non-hydrogen) atoms. The predicted molar refractivity (Wildman–Crippen MR) is 87.0 cm³/mol. The zero-order valence-electron chi connectivity index (χ0n) is 13.4. The lowest BCUT2D eigenvalue weighted by molar-refractivity contribution is 0.0628. The number of carbonyl (C=O) groups is 1. The van der Waals surface area contributed by atoms with Crippen molar-refractivity contribution in [3.63, 3.8) is 0 Å². The summed E-state index contributed by atoms with van der Waals surface area (Å²) >= 11 is 0. The SMILES string of the molecule is C[C@H](C(=O)c1c[nH]c2ccccc12)N(C)Cc1nccn1C(F)F. The molecule has 0 unspecified atom stereocenters. The van der Waals surface area contributed by atoms with Gasteiger partial charge >= 0.3 is 6.55 Å². The van der Waals surface area contributed by atoms with Crippen LogP contribution in [0, 0.1) is 0 Å². The minimum Gasteiger partial charge on any atom is -0.360 e. The van der Waals surface area contributed by atoms with Gasteiger partial charge in [0.25, 0.3) is 0 Å². The molecule has 1 atom stereocenters. The van der Waals surface area contributed by atoms with Gasteiger partial charge in [0.05, 0.1) is 12.6 Å². The van der Waals surface area contributed by atoms with Gasteiger partial charge in [-0.1, -0.05) is 18.2 Å². The topological polar surface area (TPSA) is 53.9 Å². The van der Waals surface area contributed by atoms with Crippen molar-refractivity contribution in [1.82, 2.24) is 19.4 Å². The lowest BCUT2D eigenvalue weighted by Crippen LogP contribution is -2.36. The number of aromatic nitrogens is 3. The number of halogens is 2. The van der Waals surface area contributed by atoms with Crippen LogP contribution in [0.2, 0.25) is 0 Å². The van der Waals surface area contributed by atoms with E-state index >= 15 is 0 Å². The summed E-state index contributed by atoms with van der Waals surface area (Å²) in [5.74, 6) is 0.163. The third kappa shape index (κ3) is 2.94. The number of nitrogens with one attached hydrogen (secondary N) is 1. The van der Waals surface area contributed by atoms with Crippen LogP contribution in [-0.4, -0.2) is 38.3 Å². The zero-order valence-corrected chi connectivity index (χ0v) is 13.4. The van der Waals surface area contributed by atoms with Crippen molar-refractivity contribution in [2.24, 2.45) is 0 Å². The molecule has 0 spiro atoms. The number of H-pyrrole nitrogens is 1. The fourth-order valence-electron chi connectivity index (χ4n) is 2.70. The molecule has 0 aliphatic carbocycles. The van der Waals surface area contributed by atoms with E-state index < -0.39 is 12.6 Å². The lowest BCUT2D eigenvalue weighted by atomic mass is 10.0. The summed E-state index contributed by atoms with van der Waals surface area (Å²) in [6.45, 7) is -0.720. The standard InChI is InChI=1S/C17H18F2N4O/c1-11(22(2)10-15-20-7-8-23(15)17(18)19)16(24)13-9-21-14-6-4-3-5-12(13)14/h3-9,11,17,21H,10H2,1-2H3/t11-/m1/s1. The Labute approximate surface area is 137 Å². The summed E-state index contributed by atoms with van der Waals surface area (Å²) in [5.41, 5.74) is 1.49. The van der Waals surface area contributed by atoms with Gasteiger partial charge in [0.15, 0.2) is 5.78 Å². The Morgan fingerprint density at radius 1 is 1.38 bits per heavy atom. The summed E-state index contributed by atoms with van der Waals surface area (Å²) in [4.78, 5) is 21.5. The normalized spacial score (nSPS) is 13.1. The highest BCUT2D eigenvalue weighted by Gasteiger charge is 2.24. The van der Waals surface area contributed by atoms with Crippen LogP contribution < -0.4 is 0 Å². The minimum absolute atomic E-state index is 0.0647. The molecule has 126 valence electrons. The largest absolute Gasteiger partial charge is 0.360 e. The number of rotatable bonds is 6. The first-order chi connectivity index (χ1) is 11.5. The zero-order chi connectivity index (χ0) is 17.3. The fraction of sp³-hybridized carbons (Fsp3) is 0.294. The van der Waals surface area contributed by atoms with E-state index in [2.05, 4.69) is 9.97 Å². The lowest BCUT2D eigenvalue weighted by Gasteiger charge is -2.23. The molecule has 5 nitrogen and oxygen atoms in total. The summed E-state index contributed by atoms with van der Waals surface area (Å²) in [7, 11) is 1.72. The number of imidazole rings is 1. The van der Waals surface area contributed by atoms with Crippen molar-refractivity contribution in [2.75, 3.05) is 7.05 Å². The van der Waals surface area contributed by atoms with Crippen LogP contribution in [0.25, 0.3) is 10.9 Å². The van der Waals surface area contributed by atoms with Crippen molar-refractivity contribution in [2.45, 2.75) is 26.1 Å². The number of ketones is 1. The van der Waals surface area contributed by atoms with Crippen LogP contribution in [0.5, 0.6) is 0 Å². The molecule has 7 heteroatoms. The van der Waals surface area contributed by atoms with E-state index in [1.165, 1.54) is 12.4 Å². The van der Waals surface area contributed by atoms with Crippen LogP contribution in [0.15, 0.2) is 42.9 Å². The summed E-state index contributed by atoms with van der Waals surface area (Å²) in [5, 5.41) is 0.858. The Bertz CT molecular complexity index is 855. The van der Waals surface area contributed by atoms with Crippen molar-refractivity contribution in [1.29, 1.82) is 0 Å². The average Bonchev–Trinajstić information content (AvgIpc) is 3.20. The van der Waals surface area contributed by atoms with E-state index in [1.54, 1.807) is 25.1 Å². The number of para-hydroxylation sites is 1. The van der Waals surface area contributed by atoms with Crippen molar-refractivity contribution in [3.05, 3.63) is 54.2 Å². The Hall–Kier alpha value is -2.54. The molecule has 0 aliphatic heterocycles. The van der Waals surface area contributed by atoms with Gasteiger partial charge in [-0.2, -0.15) is 8.78 Å². The summed E-state index contributed by atoms with van der Waals surface area (Å²) in [6.07, 6.45) is 4.26. The number of hydrogen-bond donors (Lipinski definition) is 1. The maximum atomic E-state index is 12.9. The molecule has 0 aliphatic rings. The van der Waals surface area contributed by atoms with E-state index in [-0.39, 0.29) is 18.2 Å². The van der Waals surface area contributed by atoms with Gasteiger partial charge in [0.2, 0.25) is 0 Å². The molecule has 0 saturated carbocycles. The van der Waals surface area contributed by atoms with E-state index in [0.29, 0.717) is 5.56 Å². The second-order valence-electron chi connectivity index (χ2n) is 5.73. The molecule has 0 saturated heterocycles. The molecule has 3 aromatic rings. The first kappa shape index (κ1) is 16.3. The van der Waals surface area contributed by atoms with Crippen LogP contribution in [0.4, 0.5) is 8.78 Å². The van der Waals surface area contributed by atoms with Gasteiger partial charge in [-0.3, -0.25) is 14.3 Å². The van der Waals surface area contributed by atoms with Crippen LogP contribution in [0.3, 0.4) is 0 Å². The van der Waals surface area contributed by atoms with E-state index in [9.17, 15) is 13.6 Å². The first-order valence-corrected chi connectivity index (χ1v) is 7.59. The summed E-state index contributed by atoms with van der Waals surface area (Å²) < 4.78 is 26.6. The smallest absolute Gasteiger partial charge is 0.319 e. The highest BCUT2D eigenvalue weighted by atomic mass is 19.3. The number of hydrogen-bond acceptors (Lipinski definition) is 3. The Morgan fingerprint density at radius 2 is 2.12 bits per heavy atom. The van der Waals surface area contributed by atoms with Crippen LogP contribution in [0.1, 0.15) is 29.7 Å². The number of carbonyl (C=O) groups excluding carboxylic acids is 1. The molecule has 0 bridgehead atoms. The summed E-state index contributed by atoms with van der Waals surface area (Å²) in [6, 6.07) is 7.09. The van der Waals surface area contributed by atoms with Gasteiger partial charge in [0, 0.05) is 35.1 Å². The number of aromatic amines is 1. The van der Waals surface area contributed by atoms with E-state index in [0.717, 1.165) is 15.5 Å². The van der Waals surface area contributed by atoms with Gasteiger partial charge < -0.3 is 4.98 Å². The minimum atomic E-state index is -2.64. The van der Waals surface area contributed by atoms with Crippen LogP contribution >= 0.6 is 0 Å². The monoisotopic (exact) mass is 332 g/mol. The van der Waals surface area contributed by atoms with Gasteiger partial charge in [-0.25, -0.2) is 4.98 Å². The van der Waals surface area contributed by atoms with Gasteiger partial charge in [-0.05, 0) is 20.0 Å². The number of alkyl halides is 2. The number of benzene rings is 1. The average molecular weight is 332 g/mol. The maximum Gasteiger partial charge on any atom is 0.319 e. The van der Waals surface area contributed by atoms with E-state index in [1.807, 2.05) is 24.3 Å². The Balaban J connectivity index is 1.79. The van der Waals surface area contributed by atoms with Crippen molar-refractivity contribution < 1.29 is 13.6 Å². The highest BCUT2D eigenvalue weighted by Crippen LogP contribution is 2.21. The molecule has 0 radical (unpaired) electrons. The van der Waals surface area contributed by atoms with Crippen molar-refractivity contribution in [3.8, 4) is 0 Å². The Morgan fingerprint density at radius 3 is 2.88 bits per heavy atom. The second kappa shape index (κ2) is 6.52. The molecular weight excluding hydrogens is 314 g/mol. The molecule has 0 fully saturated rings.